The summed E-state index contributed by atoms with van der Waals surface area (Å²) in [6, 6.07) is 0. The van der Waals surface area contributed by atoms with Gasteiger partial charge in [0.1, 0.15) is 11.8 Å². The minimum absolute atomic E-state index is 0.120. The molecule has 1 N–H and O–H groups in total. The molecule has 0 saturated carbocycles. The van der Waals surface area contributed by atoms with Crippen molar-refractivity contribution in [2.75, 3.05) is 20.1 Å². The summed E-state index contributed by atoms with van der Waals surface area (Å²) in [5.74, 6) is 0.805. The summed E-state index contributed by atoms with van der Waals surface area (Å²) in [6.07, 6.45) is 2.56. The summed E-state index contributed by atoms with van der Waals surface area (Å²) >= 11 is 0. The van der Waals surface area contributed by atoms with E-state index in [-0.39, 0.29) is 5.91 Å². The molecule has 1 amide bonds. The molecule has 15 heavy (non-hydrogen) atoms. The molecule has 0 aromatic heterocycles. The maximum absolute atomic E-state index is 11.9. The molecule has 4 heteroatoms. The van der Waals surface area contributed by atoms with Gasteiger partial charge in [0.05, 0.1) is 0 Å². The molecule has 0 spiro atoms. The summed E-state index contributed by atoms with van der Waals surface area (Å²) in [4.78, 5) is 24.6. The summed E-state index contributed by atoms with van der Waals surface area (Å²) in [7, 11) is 1.97. The smallest absolute Gasteiger partial charge is 0.240 e. The number of hydrogen-bond donors (Lipinski definition) is 1. The monoisotopic (exact) mass is 210 g/mol. The van der Waals surface area contributed by atoms with E-state index in [4.69, 9.17) is 0 Å². The molecule has 0 radical (unpaired) electrons. The first-order valence-electron chi connectivity index (χ1n) is 5.54. The van der Waals surface area contributed by atoms with Crippen LogP contribution in [0.3, 0.4) is 0 Å². The lowest BCUT2D eigenvalue weighted by Crippen LogP contribution is -2.59. The zero-order valence-electron chi connectivity index (χ0n) is 9.32. The van der Waals surface area contributed by atoms with E-state index < -0.39 is 5.54 Å². The summed E-state index contributed by atoms with van der Waals surface area (Å²) < 4.78 is 0. The lowest BCUT2D eigenvalue weighted by atomic mass is 9.75. The number of rotatable bonds is 2. The highest BCUT2D eigenvalue weighted by Gasteiger charge is 2.54. The van der Waals surface area contributed by atoms with Crippen molar-refractivity contribution in [2.24, 2.45) is 11.8 Å². The van der Waals surface area contributed by atoms with Crippen LogP contribution in [0.5, 0.6) is 0 Å². The Morgan fingerprint density at radius 1 is 1.67 bits per heavy atom. The van der Waals surface area contributed by atoms with Gasteiger partial charge in [0.2, 0.25) is 5.91 Å². The van der Waals surface area contributed by atoms with Gasteiger partial charge >= 0.3 is 0 Å². The van der Waals surface area contributed by atoms with Crippen LogP contribution in [-0.4, -0.2) is 42.8 Å². The van der Waals surface area contributed by atoms with Gasteiger partial charge in [-0.3, -0.25) is 9.69 Å². The van der Waals surface area contributed by atoms with E-state index in [0.717, 1.165) is 25.8 Å². The first kappa shape index (κ1) is 10.6. The molecule has 2 aliphatic rings. The number of nitrogens with one attached hydrogen (secondary N) is 1. The standard InChI is InChI=1S/C11H18N2O2/c1-11-9(3-5-12-10(11)15)8(4-6-14)7-13(11)2/h6,8-9H,3-5,7H2,1-2H3,(H,12,15)/t8-,9-,11+/m1/s1. The number of hydrogen-bond acceptors (Lipinski definition) is 3. The van der Waals surface area contributed by atoms with Crippen molar-refractivity contribution in [3.63, 3.8) is 0 Å². The number of amides is 1. The molecule has 0 aromatic carbocycles. The molecule has 84 valence electrons. The van der Waals surface area contributed by atoms with E-state index in [9.17, 15) is 9.59 Å². The Labute approximate surface area is 90.0 Å². The minimum atomic E-state index is -0.397. The zero-order chi connectivity index (χ0) is 11.1. The summed E-state index contributed by atoms with van der Waals surface area (Å²) in [5, 5.41) is 2.92. The minimum Gasteiger partial charge on any atom is -0.354 e. The molecule has 0 bridgehead atoms. The number of aldehydes is 1. The van der Waals surface area contributed by atoms with Crippen molar-refractivity contribution in [2.45, 2.75) is 25.3 Å². The normalized spacial score (nSPS) is 41.1. The maximum Gasteiger partial charge on any atom is 0.240 e. The van der Waals surface area contributed by atoms with Gasteiger partial charge in [-0.25, -0.2) is 0 Å². The van der Waals surface area contributed by atoms with Crippen molar-refractivity contribution in [1.82, 2.24) is 10.2 Å². The highest BCUT2D eigenvalue weighted by Crippen LogP contribution is 2.42. The van der Waals surface area contributed by atoms with Crippen LogP contribution in [0.15, 0.2) is 0 Å². The number of carbonyl (C=O) groups excluding carboxylic acids is 2. The van der Waals surface area contributed by atoms with Gasteiger partial charge in [-0.05, 0) is 32.2 Å². The van der Waals surface area contributed by atoms with Gasteiger partial charge in [0.25, 0.3) is 0 Å². The van der Waals surface area contributed by atoms with Crippen LogP contribution in [0.1, 0.15) is 19.8 Å². The van der Waals surface area contributed by atoms with Crippen molar-refractivity contribution < 1.29 is 9.59 Å². The lowest BCUT2D eigenvalue weighted by Gasteiger charge is -2.40. The second kappa shape index (κ2) is 3.59. The van der Waals surface area contributed by atoms with Gasteiger partial charge in [-0.15, -0.1) is 0 Å². The highest BCUT2D eigenvalue weighted by atomic mass is 16.2. The SMILES string of the molecule is CN1C[C@@H](CC=O)[C@H]2CCNC(=O)[C@]21C. The fourth-order valence-electron chi connectivity index (χ4n) is 3.15. The number of piperidine rings is 1. The molecule has 0 aromatic rings. The van der Waals surface area contributed by atoms with Gasteiger partial charge in [0, 0.05) is 19.5 Å². The van der Waals surface area contributed by atoms with Crippen LogP contribution in [0.4, 0.5) is 0 Å². The molecule has 2 fully saturated rings. The lowest BCUT2D eigenvalue weighted by molar-refractivity contribution is -0.135. The van der Waals surface area contributed by atoms with E-state index in [1.807, 2.05) is 14.0 Å². The number of fused-ring (bicyclic) bond motifs is 1. The Balaban J connectivity index is 2.26. The first-order chi connectivity index (χ1) is 7.10. The van der Waals surface area contributed by atoms with E-state index >= 15 is 0 Å². The average molecular weight is 210 g/mol. The fourth-order valence-corrected chi connectivity index (χ4v) is 3.15. The number of carbonyl (C=O) groups is 2. The molecule has 3 atom stereocenters. The highest BCUT2D eigenvalue weighted by molar-refractivity contribution is 5.87. The Bertz CT molecular complexity index is 292. The van der Waals surface area contributed by atoms with Crippen LogP contribution in [-0.2, 0) is 9.59 Å². The molecule has 0 aliphatic carbocycles. The maximum atomic E-state index is 11.9. The van der Waals surface area contributed by atoms with Gasteiger partial charge in [-0.1, -0.05) is 0 Å². The van der Waals surface area contributed by atoms with Crippen LogP contribution >= 0.6 is 0 Å². The average Bonchev–Trinajstić information content (AvgIpc) is 2.44. The number of nitrogens with zero attached hydrogens (tertiary/aromatic N) is 1. The van der Waals surface area contributed by atoms with E-state index in [1.165, 1.54) is 0 Å². The van der Waals surface area contributed by atoms with Crippen LogP contribution in [0, 0.1) is 11.8 Å². The predicted octanol–water partition coefficient (Wildman–Crippen LogP) is 0.0318. The third-order valence-electron chi connectivity index (χ3n) is 4.19. The number of likely N-dealkylation sites (N-methyl/N-ethyl adjacent to an activating group) is 1. The van der Waals surface area contributed by atoms with E-state index in [0.29, 0.717) is 18.3 Å². The second-order valence-electron chi connectivity index (χ2n) is 4.84. The molecule has 2 saturated heterocycles. The number of likely N-dealkylation sites (tertiary alicyclic amines) is 1. The fraction of sp³-hybridized carbons (Fsp3) is 0.818. The molecule has 0 unspecified atom stereocenters. The third kappa shape index (κ3) is 1.39. The third-order valence-corrected chi connectivity index (χ3v) is 4.19. The van der Waals surface area contributed by atoms with Crippen LogP contribution < -0.4 is 5.32 Å². The Morgan fingerprint density at radius 2 is 2.40 bits per heavy atom. The topological polar surface area (TPSA) is 49.4 Å². The van der Waals surface area contributed by atoms with Crippen LogP contribution in [0.25, 0.3) is 0 Å². The van der Waals surface area contributed by atoms with Crippen molar-refractivity contribution in [3.05, 3.63) is 0 Å². The molecule has 2 rings (SSSR count). The van der Waals surface area contributed by atoms with Crippen molar-refractivity contribution >= 4 is 12.2 Å². The van der Waals surface area contributed by atoms with Crippen molar-refractivity contribution in [1.29, 1.82) is 0 Å². The largest absolute Gasteiger partial charge is 0.354 e. The van der Waals surface area contributed by atoms with Gasteiger partial charge < -0.3 is 10.1 Å². The molecular weight excluding hydrogens is 192 g/mol. The van der Waals surface area contributed by atoms with Crippen LogP contribution in [0.2, 0.25) is 0 Å². The Hall–Kier alpha value is -0.900. The van der Waals surface area contributed by atoms with Crippen molar-refractivity contribution in [3.8, 4) is 0 Å². The summed E-state index contributed by atoms with van der Waals surface area (Å²) in [5.41, 5.74) is -0.397. The Morgan fingerprint density at radius 3 is 3.07 bits per heavy atom. The molecule has 4 nitrogen and oxygen atoms in total. The van der Waals surface area contributed by atoms with E-state index in [1.54, 1.807) is 0 Å². The molecule has 2 aliphatic heterocycles. The molecular formula is C11H18N2O2. The second-order valence-corrected chi connectivity index (χ2v) is 4.84. The quantitative estimate of drug-likeness (QED) is 0.654. The van der Waals surface area contributed by atoms with Gasteiger partial charge in [-0.2, -0.15) is 0 Å². The Kier molecular flexibility index (Phi) is 2.54. The zero-order valence-corrected chi connectivity index (χ0v) is 9.32. The predicted molar refractivity (Wildman–Crippen MR) is 56.3 cm³/mol. The summed E-state index contributed by atoms with van der Waals surface area (Å²) in [6.45, 7) is 3.60. The van der Waals surface area contributed by atoms with E-state index in [2.05, 4.69) is 10.2 Å². The molecule has 2 heterocycles. The van der Waals surface area contributed by atoms with Gasteiger partial charge in [0.15, 0.2) is 0 Å². The first-order valence-corrected chi connectivity index (χ1v) is 5.54.